The Morgan fingerprint density at radius 1 is 1.44 bits per heavy atom. The van der Waals surface area contributed by atoms with Gasteiger partial charge in [0.2, 0.25) is 0 Å². The topological polar surface area (TPSA) is 38.3 Å². The standard InChI is InChI=1S/C12H16ClNO2/c1-4-12(2,16-3)11(15)14-10-7-5-9(13)6-8-10/h5-8H,4H2,1-3H3,(H,14,15). The van der Waals surface area contributed by atoms with Crippen LogP contribution in [-0.2, 0) is 9.53 Å². The number of nitrogens with one attached hydrogen (secondary N) is 1. The van der Waals surface area contributed by atoms with Gasteiger partial charge in [-0.3, -0.25) is 4.79 Å². The molecule has 1 rings (SSSR count). The molecule has 3 nitrogen and oxygen atoms in total. The van der Waals surface area contributed by atoms with Gasteiger partial charge in [-0.05, 0) is 37.6 Å². The van der Waals surface area contributed by atoms with Gasteiger partial charge < -0.3 is 10.1 Å². The van der Waals surface area contributed by atoms with Crippen LogP contribution in [0.25, 0.3) is 0 Å². The Balaban J connectivity index is 2.74. The Kier molecular flexibility index (Phi) is 4.33. The van der Waals surface area contributed by atoms with Crippen LogP contribution in [0.15, 0.2) is 24.3 Å². The Morgan fingerprint density at radius 3 is 2.44 bits per heavy atom. The van der Waals surface area contributed by atoms with Crippen LogP contribution < -0.4 is 5.32 Å². The molecule has 4 heteroatoms. The van der Waals surface area contributed by atoms with E-state index in [9.17, 15) is 4.79 Å². The van der Waals surface area contributed by atoms with Crippen molar-refractivity contribution in [2.24, 2.45) is 0 Å². The SMILES string of the molecule is CCC(C)(OC)C(=O)Nc1ccc(Cl)cc1. The van der Waals surface area contributed by atoms with E-state index in [-0.39, 0.29) is 5.91 Å². The van der Waals surface area contributed by atoms with Gasteiger partial charge in [-0.25, -0.2) is 0 Å². The summed E-state index contributed by atoms with van der Waals surface area (Å²) in [6.45, 7) is 3.67. The van der Waals surface area contributed by atoms with Gasteiger partial charge in [0.15, 0.2) is 0 Å². The molecule has 1 aromatic carbocycles. The van der Waals surface area contributed by atoms with E-state index in [1.54, 1.807) is 31.2 Å². The molecule has 0 spiro atoms. The zero-order chi connectivity index (χ0) is 12.2. The molecule has 1 atom stereocenters. The maximum absolute atomic E-state index is 11.9. The summed E-state index contributed by atoms with van der Waals surface area (Å²) in [5, 5.41) is 3.43. The van der Waals surface area contributed by atoms with E-state index in [1.165, 1.54) is 7.11 Å². The Bertz CT molecular complexity index is 358. The first kappa shape index (κ1) is 13.0. The largest absolute Gasteiger partial charge is 0.369 e. The summed E-state index contributed by atoms with van der Waals surface area (Å²) in [5.41, 5.74) is -0.0780. The number of benzene rings is 1. The third-order valence-corrected chi connectivity index (χ3v) is 2.96. The van der Waals surface area contributed by atoms with Gasteiger partial charge in [0.25, 0.3) is 5.91 Å². The quantitative estimate of drug-likeness (QED) is 0.880. The molecule has 0 fully saturated rings. The summed E-state index contributed by atoms with van der Waals surface area (Å²) in [5.74, 6) is -0.153. The molecule has 0 saturated heterocycles. The third-order valence-electron chi connectivity index (χ3n) is 2.71. The first-order valence-corrected chi connectivity index (χ1v) is 5.52. The van der Waals surface area contributed by atoms with Gasteiger partial charge >= 0.3 is 0 Å². The van der Waals surface area contributed by atoms with Crippen molar-refractivity contribution in [1.29, 1.82) is 0 Å². The van der Waals surface area contributed by atoms with Crippen LogP contribution in [0.2, 0.25) is 5.02 Å². The van der Waals surface area contributed by atoms with Crippen molar-refractivity contribution in [3.8, 4) is 0 Å². The fourth-order valence-electron chi connectivity index (χ4n) is 1.19. The summed E-state index contributed by atoms with van der Waals surface area (Å²) >= 11 is 5.76. The third kappa shape index (κ3) is 2.97. The molecule has 0 bridgehead atoms. The molecule has 1 amide bonds. The predicted molar refractivity (Wildman–Crippen MR) is 65.8 cm³/mol. The van der Waals surface area contributed by atoms with Gasteiger partial charge in [-0.2, -0.15) is 0 Å². The summed E-state index contributed by atoms with van der Waals surface area (Å²) in [6, 6.07) is 6.97. The molecular weight excluding hydrogens is 226 g/mol. The Labute approximate surface area is 101 Å². The Morgan fingerprint density at radius 2 is 2.00 bits per heavy atom. The number of ether oxygens (including phenoxy) is 1. The average Bonchev–Trinajstić information content (AvgIpc) is 2.31. The maximum Gasteiger partial charge on any atom is 0.256 e. The summed E-state index contributed by atoms with van der Waals surface area (Å²) in [4.78, 5) is 11.9. The van der Waals surface area contributed by atoms with Crippen LogP contribution in [-0.4, -0.2) is 18.6 Å². The second-order valence-corrected chi connectivity index (χ2v) is 4.19. The minimum absolute atomic E-state index is 0.153. The maximum atomic E-state index is 11.9. The average molecular weight is 242 g/mol. The van der Waals surface area contributed by atoms with Crippen LogP contribution in [0.3, 0.4) is 0 Å². The number of hydrogen-bond donors (Lipinski definition) is 1. The lowest BCUT2D eigenvalue weighted by molar-refractivity contribution is -0.136. The molecule has 88 valence electrons. The van der Waals surface area contributed by atoms with Crippen LogP contribution in [0.5, 0.6) is 0 Å². The molecule has 0 aromatic heterocycles. The van der Waals surface area contributed by atoms with E-state index in [1.807, 2.05) is 6.92 Å². The number of rotatable bonds is 4. The number of anilines is 1. The molecule has 16 heavy (non-hydrogen) atoms. The Hall–Kier alpha value is -1.06. The van der Waals surface area contributed by atoms with Crippen molar-refractivity contribution in [3.05, 3.63) is 29.3 Å². The van der Waals surface area contributed by atoms with Gasteiger partial charge in [-0.1, -0.05) is 18.5 Å². The highest BCUT2D eigenvalue weighted by Crippen LogP contribution is 2.19. The molecular formula is C12H16ClNO2. The molecule has 0 aliphatic rings. The molecule has 0 heterocycles. The van der Waals surface area contributed by atoms with E-state index in [0.29, 0.717) is 17.1 Å². The first-order chi connectivity index (χ1) is 7.51. The monoisotopic (exact) mass is 241 g/mol. The molecule has 0 saturated carbocycles. The second-order valence-electron chi connectivity index (χ2n) is 3.75. The number of amides is 1. The number of carbonyl (C=O) groups excluding carboxylic acids is 1. The van der Waals surface area contributed by atoms with Crippen molar-refractivity contribution in [2.75, 3.05) is 12.4 Å². The summed E-state index contributed by atoms with van der Waals surface area (Å²) in [6.07, 6.45) is 0.614. The normalized spacial score (nSPS) is 14.2. The highest BCUT2D eigenvalue weighted by atomic mass is 35.5. The minimum atomic E-state index is -0.792. The molecule has 1 N–H and O–H groups in total. The zero-order valence-corrected chi connectivity index (χ0v) is 10.5. The zero-order valence-electron chi connectivity index (χ0n) is 9.71. The number of carbonyl (C=O) groups is 1. The van der Waals surface area contributed by atoms with Crippen LogP contribution in [0, 0.1) is 0 Å². The lowest BCUT2D eigenvalue weighted by atomic mass is 10.0. The van der Waals surface area contributed by atoms with E-state index < -0.39 is 5.60 Å². The molecule has 0 radical (unpaired) electrons. The minimum Gasteiger partial charge on any atom is -0.369 e. The van der Waals surface area contributed by atoms with Crippen LogP contribution in [0.4, 0.5) is 5.69 Å². The summed E-state index contributed by atoms with van der Waals surface area (Å²) < 4.78 is 5.21. The number of hydrogen-bond acceptors (Lipinski definition) is 2. The lowest BCUT2D eigenvalue weighted by Gasteiger charge is -2.25. The second kappa shape index (κ2) is 5.32. The van der Waals surface area contributed by atoms with Crippen molar-refractivity contribution in [1.82, 2.24) is 0 Å². The van der Waals surface area contributed by atoms with Gasteiger partial charge in [0.1, 0.15) is 5.60 Å². The van der Waals surface area contributed by atoms with Gasteiger partial charge in [0.05, 0.1) is 0 Å². The highest BCUT2D eigenvalue weighted by molar-refractivity contribution is 6.30. The smallest absolute Gasteiger partial charge is 0.256 e. The van der Waals surface area contributed by atoms with E-state index in [0.717, 1.165) is 0 Å². The number of halogens is 1. The van der Waals surface area contributed by atoms with E-state index in [2.05, 4.69) is 5.32 Å². The van der Waals surface area contributed by atoms with Crippen molar-refractivity contribution < 1.29 is 9.53 Å². The first-order valence-electron chi connectivity index (χ1n) is 5.14. The number of methoxy groups -OCH3 is 1. The van der Waals surface area contributed by atoms with E-state index >= 15 is 0 Å². The molecule has 0 aliphatic heterocycles. The van der Waals surface area contributed by atoms with Crippen molar-refractivity contribution in [3.63, 3.8) is 0 Å². The fraction of sp³-hybridized carbons (Fsp3) is 0.417. The fourth-order valence-corrected chi connectivity index (χ4v) is 1.32. The van der Waals surface area contributed by atoms with E-state index in [4.69, 9.17) is 16.3 Å². The summed E-state index contributed by atoms with van der Waals surface area (Å²) in [7, 11) is 1.53. The predicted octanol–water partition coefficient (Wildman–Crippen LogP) is 3.09. The van der Waals surface area contributed by atoms with Crippen LogP contribution >= 0.6 is 11.6 Å². The molecule has 0 aliphatic carbocycles. The van der Waals surface area contributed by atoms with Gasteiger partial charge in [-0.15, -0.1) is 0 Å². The molecule has 1 aromatic rings. The lowest BCUT2D eigenvalue weighted by Crippen LogP contribution is -2.41. The van der Waals surface area contributed by atoms with Crippen LogP contribution in [0.1, 0.15) is 20.3 Å². The molecule has 1 unspecified atom stereocenters. The van der Waals surface area contributed by atoms with Crippen molar-refractivity contribution in [2.45, 2.75) is 25.9 Å². The highest BCUT2D eigenvalue weighted by Gasteiger charge is 2.30. The van der Waals surface area contributed by atoms with Crippen molar-refractivity contribution >= 4 is 23.2 Å². The van der Waals surface area contributed by atoms with Gasteiger partial charge in [0, 0.05) is 17.8 Å².